The molecule has 0 atom stereocenters. The summed E-state index contributed by atoms with van der Waals surface area (Å²) < 4.78 is 40.1. The van der Waals surface area contributed by atoms with Gasteiger partial charge in [-0.25, -0.2) is 0 Å². The number of alkyl halides is 3. The van der Waals surface area contributed by atoms with Crippen LogP contribution in [0, 0.1) is 0 Å². The highest BCUT2D eigenvalue weighted by molar-refractivity contribution is 5.94. The summed E-state index contributed by atoms with van der Waals surface area (Å²) in [6, 6.07) is 5.68. The van der Waals surface area contributed by atoms with Crippen LogP contribution in [0.1, 0.15) is 65.0 Å². The van der Waals surface area contributed by atoms with Gasteiger partial charge in [0, 0.05) is 44.4 Å². The molecule has 2 amide bonds. The van der Waals surface area contributed by atoms with Gasteiger partial charge < -0.3 is 9.80 Å². The van der Waals surface area contributed by atoms with E-state index in [1.165, 1.54) is 19.1 Å². The first-order valence-electron chi connectivity index (χ1n) is 10.5. The number of rotatable bonds is 2. The number of nitrogens with one attached hydrogen (secondary N) is 1. The highest BCUT2D eigenvalue weighted by Gasteiger charge is 2.36. The van der Waals surface area contributed by atoms with Crippen LogP contribution < -0.4 is 0 Å². The Balaban J connectivity index is 1.48. The fraction of sp³-hybridized carbons (Fsp3) is 0.500. The summed E-state index contributed by atoms with van der Waals surface area (Å²) in [5.74, 6) is -0.520. The van der Waals surface area contributed by atoms with Gasteiger partial charge >= 0.3 is 6.18 Å². The van der Waals surface area contributed by atoms with Gasteiger partial charge in [-0.05, 0) is 43.2 Å². The van der Waals surface area contributed by atoms with Crippen molar-refractivity contribution in [3.8, 4) is 0 Å². The summed E-state index contributed by atoms with van der Waals surface area (Å²) in [7, 11) is 0. The van der Waals surface area contributed by atoms with E-state index in [-0.39, 0.29) is 17.7 Å². The summed E-state index contributed by atoms with van der Waals surface area (Å²) >= 11 is 0. The van der Waals surface area contributed by atoms with Gasteiger partial charge in [0.05, 0.1) is 5.56 Å². The number of likely N-dealkylation sites (tertiary alicyclic amines) is 1. The summed E-state index contributed by atoms with van der Waals surface area (Å²) in [6.45, 7) is 3.23. The molecule has 9 heteroatoms. The number of H-pyrrole nitrogens is 1. The fourth-order valence-electron chi connectivity index (χ4n) is 4.60. The maximum absolute atomic E-state index is 13.4. The van der Waals surface area contributed by atoms with Crippen LogP contribution in [0.2, 0.25) is 0 Å². The molecule has 2 aliphatic rings. The van der Waals surface area contributed by atoms with Crippen molar-refractivity contribution in [1.29, 1.82) is 0 Å². The Bertz CT molecular complexity index is 977. The number of hydrogen-bond donors (Lipinski definition) is 1. The molecule has 4 rings (SSSR count). The number of aromatic amines is 1. The third-order valence-corrected chi connectivity index (χ3v) is 6.29. The molecule has 1 saturated heterocycles. The topological polar surface area (TPSA) is 69.3 Å². The van der Waals surface area contributed by atoms with Crippen LogP contribution >= 0.6 is 0 Å². The molecule has 1 aromatic carbocycles. The van der Waals surface area contributed by atoms with E-state index in [1.54, 1.807) is 15.9 Å². The highest BCUT2D eigenvalue weighted by Crippen LogP contribution is 2.38. The minimum Gasteiger partial charge on any atom is -0.338 e. The number of carbonyl (C=O) groups is 2. The van der Waals surface area contributed by atoms with Crippen molar-refractivity contribution >= 4 is 11.8 Å². The van der Waals surface area contributed by atoms with Crippen LogP contribution in [0.15, 0.2) is 24.3 Å². The third-order valence-electron chi connectivity index (χ3n) is 6.29. The second-order valence-electron chi connectivity index (χ2n) is 8.22. The van der Waals surface area contributed by atoms with Gasteiger partial charge in [-0.15, -0.1) is 0 Å². The lowest BCUT2D eigenvalue weighted by molar-refractivity contribution is -0.138. The monoisotopic (exact) mass is 434 g/mol. The zero-order valence-corrected chi connectivity index (χ0v) is 17.3. The molecule has 3 heterocycles. The van der Waals surface area contributed by atoms with Crippen molar-refractivity contribution < 1.29 is 22.8 Å². The molecular formula is C22H25F3N4O2. The quantitative estimate of drug-likeness (QED) is 0.783. The molecule has 2 aromatic rings. The lowest BCUT2D eigenvalue weighted by atomic mass is 9.86. The van der Waals surface area contributed by atoms with E-state index in [4.69, 9.17) is 0 Å². The van der Waals surface area contributed by atoms with Gasteiger partial charge in [-0.3, -0.25) is 14.7 Å². The van der Waals surface area contributed by atoms with Crippen LogP contribution in [0.25, 0.3) is 0 Å². The number of amides is 2. The van der Waals surface area contributed by atoms with Gasteiger partial charge in [0.1, 0.15) is 0 Å². The smallest absolute Gasteiger partial charge is 0.338 e. The zero-order valence-electron chi connectivity index (χ0n) is 17.3. The van der Waals surface area contributed by atoms with Crippen molar-refractivity contribution in [2.45, 2.75) is 51.2 Å². The molecule has 0 bridgehead atoms. The molecule has 0 saturated carbocycles. The van der Waals surface area contributed by atoms with Gasteiger partial charge in [-0.1, -0.05) is 18.2 Å². The minimum absolute atomic E-state index is 0.0448. The van der Waals surface area contributed by atoms with Crippen molar-refractivity contribution in [1.82, 2.24) is 20.0 Å². The Hall–Kier alpha value is -2.84. The third kappa shape index (κ3) is 4.31. The largest absolute Gasteiger partial charge is 0.416 e. The summed E-state index contributed by atoms with van der Waals surface area (Å²) in [6.07, 6.45) is -1.95. The van der Waals surface area contributed by atoms with Crippen LogP contribution in [0.3, 0.4) is 0 Å². The summed E-state index contributed by atoms with van der Waals surface area (Å²) in [4.78, 5) is 28.4. The Labute approximate surface area is 178 Å². The molecule has 1 N–H and O–H groups in total. The number of aryl methyl sites for hydroxylation is 1. The Morgan fingerprint density at radius 3 is 2.48 bits per heavy atom. The Kier molecular flexibility index (Phi) is 5.77. The summed E-state index contributed by atoms with van der Waals surface area (Å²) in [5, 5.41) is 7.17. The van der Waals surface area contributed by atoms with Crippen LogP contribution in [0.5, 0.6) is 0 Å². The van der Waals surface area contributed by atoms with Crippen LogP contribution in [-0.4, -0.2) is 51.4 Å². The second kappa shape index (κ2) is 8.36. The predicted molar refractivity (Wildman–Crippen MR) is 107 cm³/mol. The van der Waals surface area contributed by atoms with Crippen molar-refractivity contribution in [3.05, 3.63) is 52.3 Å². The van der Waals surface area contributed by atoms with Gasteiger partial charge in [-0.2, -0.15) is 18.3 Å². The van der Waals surface area contributed by atoms with E-state index >= 15 is 0 Å². The Morgan fingerprint density at radius 1 is 1.10 bits per heavy atom. The number of carbonyl (C=O) groups excluding carboxylic acids is 2. The molecule has 1 aromatic heterocycles. The van der Waals surface area contributed by atoms with Gasteiger partial charge in [0.25, 0.3) is 5.91 Å². The highest BCUT2D eigenvalue weighted by atomic mass is 19.4. The first kappa shape index (κ1) is 21.4. The Morgan fingerprint density at radius 2 is 1.81 bits per heavy atom. The number of benzene rings is 1. The van der Waals surface area contributed by atoms with E-state index < -0.39 is 11.7 Å². The molecule has 0 unspecified atom stereocenters. The molecule has 6 nitrogen and oxygen atoms in total. The average molecular weight is 434 g/mol. The van der Waals surface area contributed by atoms with E-state index in [1.807, 2.05) is 0 Å². The number of halogens is 3. The average Bonchev–Trinajstić information content (AvgIpc) is 3.01. The SMILES string of the molecule is CC(=O)N1CCCc2[nH]nc(C(=O)N3CCC(c4ccccc4C(F)(F)F)CC3)c2C1. The predicted octanol–water partition coefficient (Wildman–Crippen LogP) is 3.74. The number of fused-ring (bicyclic) bond motifs is 1. The number of aromatic nitrogens is 2. The number of nitrogens with zero attached hydrogens (tertiary/aromatic N) is 3. The normalized spacial score (nSPS) is 17.9. The summed E-state index contributed by atoms with van der Waals surface area (Å²) in [5.41, 5.74) is 1.65. The molecule has 166 valence electrons. The van der Waals surface area contributed by atoms with Gasteiger partial charge in [0.2, 0.25) is 5.91 Å². The van der Waals surface area contributed by atoms with E-state index in [0.29, 0.717) is 50.3 Å². The maximum atomic E-state index is 13.4. The second-order valence-corrected chi connectivity index (χ2v) is 8.22. The van der Waals surface area contributed by atoms with Crippen molar-refractivity contribution in [3.63, 3.8) is 0 Å². The lowest BCUT2D eigenvalue weighted by Crippen LogP contribution is -2.39. The molecule has 2 aliphatic heterocycles. The lowest BCUT2D eigenvalue weighted by Gasteiger charge is -2.33. The van der Waals surface area contributed by atoms with E-state index in [0.717, 1.165) is 30.2 Å². The fourth-order valence-corrected chi connectivity index (χ4v) is 4.60. The van der Waals surface area contributed by atoms with Gasteiger partial charge in [0.15, 0.2) is 5.69 Å². The maximum Gasteiger partial charge on any atom is 0.416 e. The molecule has 1 fully saturated rings. The molecule has 0 radical (unpaired) electrons. The zero-order chi connectivity index (χ0) is 22.2. The van der Waals surface area contributed by atoms with E-state index in [2.05, 4.69) is 10.2 Å². The van der Waals surface area contributed by atoms with Crippen molar-refractivity contribution in [2.24, 2.45) is 0 Å². The molecular weight excluding hydrogens is 409 g/mol. The standard InChI is InChI=1S/C22H25F3N4O2/c1-14(30)29-10-4-7-19-17(13-29)20(27-26-19)21(31)28-11-8-15(9-12-28)16-5-2-3-6-18(16)22(23,24)25/h2-3,5-6,15H,4,7-13H2,1H3,(H,26,27). The van der Waals surface area contributed by atoms with Crippen LogP contribution in [-0.2, 0) is 23.9 Å². The number of hydrogen-bond acceptors (Lipinski definition) is 3. The van der Waals surface area contributed by atoms with Crippen LogP contribution in [0.4, 0.5) is 13.2 Å². The minimum atomic E-state index is -4.39. The first-order chi connectivity index (χ1) is 14.8. The molecule has 0 spiro atoms. The first-order valence-corrected chi connectivity index (χ1v) is 10.5. The van der Waals surface area contributed by atoms with E-state index in [9.17, 15) is 22.8 Å². The van der Waals surface area contributed by atoms with Crippen molar-refractivity contribution in [2.75, 3.05) is 19.6 Å². The number of piperidine rings is 1. The molecule has 31 heavy (non-hydrogen) atoms. The molecule has 0 aliphatic carbocycles.